The van der Waals surface area contributed by atoms with Gasteiger partial charge in [-0.05, 0) is 31.1 Å². The Morgan fingerprint density at radius 1 is 1.50 bits per heavy atom. The smallest absolute Gasteiger partial charge is 0.142 e. The molecule has 2 saturated carbocycles. The largest absolute Gasteiger partial charge is 0.299 e. The molecule has 1 aromatic rings. The van der Waals surface area contributed by atoms with Crippen LogP contribution in [0.1, 0.15) is 31.4 Å². The number of carbonyl (C=O) groups excluding carboxylic acids is 1. The molecule has 1 heterocycles. The molecule has 3 rings (SSSR count). The van der Waals surface area contributed by atoms with E-state index < -0.39 is 0 Å². The third kappa shape index (κ3) is 1.66. The molecular formula is C12H17N3O. The summed E-state index contributed by atoms with van der Waals surface area (Å²) in [5.41, 5.74) is 0.815. The van der Waals surface area contributed by atoms with Crippen LogP contribution in [0, 0.1) is 17.8 Å². The Bertz CT molecular complexity index is 412. The summed E-state index contributed by atoms with van der Waals surface area (Å²) in [6, 6.07) is 0. The van der Waals surface area contributed by atoms with Gasteiger partial charge in [0.2, 0.25) is 0 Å². The second-order valence-corrected chi connectivity index (χ2v) is 5.31. The van der Waals surface area contributed by atoms with Crippen molar-refractivity contribution in [3.63, 3.8) is 0 Å². The van der Waals surface area contributed by atoms with Crippen LogP contribution in [0.5, 0.6) is 0 Å². The first-order chi connectivity index (χ1) is 7.72. The van der Waals surface area contributed by atoms with Gasteiger partial charge in [-0.2, -0.15) is 0 Å². The van der Waals surface area contributed by atoms with Crippen molar-refractivity contribution in [2.75, 3.05) is 0 Å². The normalized spacial score (nSPS) is 32.2. The van der Waals surface area contributed by atoms with Gasteiger partial charge in [-0.1, -0.05) is 11.6 Å². The Morgan fingerprint density at radius 3 is 2.94 bits per heavy atom. The first-order valence-electron chi connectivity index (χ1n) is 6.10. The molecule has 3 atom stereocenters. The van der Waals surface area contributed by atoms with Crippen molar-refractivity contribution < 1.29 is 4.79 Å². The van der Waals surface area contributed by atoms with E-state index >= 15 is 0 Å². The lowest BCUT2D eigenvalue weighted by atomic mass is 9.84. The molecule has 2 bridgehead atoms. The zero-order valence-electron chi connectivity index (χ0n) is 9.59. The standard InChI is InChI=1S/C12H17N3O/c1-15-7-10(13-14-15)6-12(16)11-5-8-2-3-9(11)4-8/h7-9,11H,2-6H2,1H3. The third-order valence-corrected chi connectivity index (χ3v) is 4.16. The average Bonchev–Trinajstić information content (AvgIpc) is 2.93. The minimum absolute atomic E-state index is 0.320. The summed E-state index contributed by atoms with van der Waals surface area (Å²) in [4.78, 5) is 12.1. The van der Waals surface area contributed by atoms with Gasteiger partial charge in [-0.15, -0.1) is 5.10 Å². The topological polar surface area (TPSA) is 47.8 Å². The van der Waals surface area contributed by atoms with Gasteiger partial charge in [0.25, 0.3) is 0 Å². The molecule has 0 saturated heterocycles. The molecule has 16 heavy (non-hydrogen) atoms. The fourth-order valence-corrected chi connectivity index (χ4v) is 3.42. The molecule has 86 valence electrons. The van der Waals surface area contributed by atoms with Crippen LogP contribution < -0.4 is 0 Å². The quantitative estimate of drug-likeness (QED) is 0.771. The highest BCUT2D eigenvalue weighted by molar-refractivity contribution is 5.83. The predicted octanol–water partition coefficient (Wildman–Crippen LogP) is 1.36. The lowest BCUT2D eigenvalue weighted by Gasteiger charge is -2.19. The van der Waals surface area contributed by atoms with Gasteiger partial charge in [0.1, 0.15) is 5.78 Å². The number of Topliss-reactive ketones (excluding diaryl/α,β-unsaturated/α-hetero) is 1. The van der Waals surface area contributed by atoms with E-state index in [1.54, 1.807) is 4.68 Å². The van der Waals surface area contributed by atoms with Gasteiger partial charge in [0.05, 0.1) is 12.1 Å². The zero-order chi connectivity index (χ0) is 11.1. The Balaban J connectivity index is 1.65. The van der Waals surface area contributed by atoms with E-state index in [2.05, 4.69) is 10.3 Å². The van der Waals surface area contributed by atoms with Gasteiger partial charge >= 0.3 is 0 Å². The Morgan fingerprint density at radius 2 is 2.38 bits per heavy atom. The molecule has 4 nitrogen and oxygen atoms in total. The van der Waals surface area contributed by atoms with Crippen molar-refractivity contribution in [1.82, 2.24) is 15.0 Å². The van der Waals surface area contributed by atoms with Crippen molar-refractivity contribution in [2.24, 2.45) is 24.8 Å². The van der Waals surface area contributed by atoms with Crippen molar-refractivity contribution >= 4 is 5.78 Å². The average molecular weight is 219 g/mol. The molecule has 0 aromatic carbocycles. The van der Waals surface area contributed by atoms with Crippen LogP contribution in [-0.2, 0) is 18.3 Å². The summed E-state index contributed by atoms with van der Waals surface area (Å²) in [6.07, 6.45) is 7.34. The second-order valence-electron chi connectivity index (χ2n) is 5.31. The maximum absolute atomic E-state index is 12.1. The molecule has 4 heteroatoms. The summed E-state index contributed by atoms with van der Waals surface area (Å²) in [7, 11) is 1.83. The number of ketones is 1. The molecule has 0 radical (unpaired) electrons. The van der Waals surface area contributed by atoms with Crippen molar-refractivity contribution in [2.45, 2.75) is 32.1 Å². The molecule has 2 aliphatic carbocycles. The first-order valence-corrected chi connectivity index (χ1v) is 6.10. The van der Waals surface area contributed by atoms with Crippen LogP contribution in [0.4, 0.5) is 0 Å². The highest BCUT2D eigenvalue weighted by Crippen LogP contribution is 2.48. The highest BCUT2D eigenvalue weighted by Gasteiger charge is 2.42. The minimum Gasteiger partial charge on any atom is -0.299 e. The Kier molecular flexibility index (Phi) is 2.30. The van der Waals surface area contributed by atoms with Crippen LogP contribution in [0.2, 0.25) is 0 Å². The molecule has 2 aliphatic rings. The number of hydrogen-bond donors (Lipinski definition) is 0. The third-order valence-electron chi connectivity index (χ3n) is 4.16. The van der Waals surface area contributed by atoms with E-state index in [0.29, 0.717) is 24.0 Å². The van der Waals surface area contributed by atoms with Crippen LogP contribution in [0.3, 0.4) is 0 Å². The van der Waals surface area contributed by atoms with Gasteiger partial charge < -0.3 is 0 Å². The summed E-state index contributed by atoms with van der Waals surface area (Å²) in [5.74, 6) is 2.21. The lowest BCUT2D eigenvalue weighted by Crippen LogP contribution is -2.22. The minimum atomic E-state index is 0.320. The number of carbonyl (C=O) groups is 1. The van der Waals surface area contributed by atoms with Crippen LogP contribution in [-0.4, -0.2) is 20.8 Å². The summed E-state index contributed by atoms with van der Waals surface area (Å²) < 4.78 is 1.66. The summed E-state index contributed by atoms with van der Waals surface area (Å²) in [6.45, 7) is 0. The number of hydrogen-bond acceptors (Lipinski definition) is 3. The van der Waals surface area contributed by atoms with E-state index in [-0.39, 0.29) is 0 Å². The molecular weight excluding hydrogens is 202 g/mol. The number of fused-ring (bicyclic) bond motifs is 2. The highest BCUT2D eigenvalue weighted by atomic mass is 16.1. The monoisotopic (exact) mass is 219 g/mol. The molecule has 1 aromatic heterocycles. The predicted molar refractivity (Wildman–Crippen MR) is 58.7 cm³/mol. The molecule has 0 aliphatic heterocycles. The summed E-state index contributed by atoms with van der Waals surface area (Å²) in [5, 5.41) is 7.84. The maximum atomic E-state index is 12.1. The van der Waals surface area contributed by atoms with E-state index in [4.69, 9.17) is 0 Å². The number of rotatable bonds is 3. The molecule has 0 spiro atoms. The van der Waals surface area contributed by atoms with Crippen molar-refractivity contribution in [3.05, 3.63) is 11.9 Å². The second kappa shape index (κ2) is 3.68. The number of nitrogens with zero attached hydrogens (tertiary/aromatic N) is 3. The van der Waals surface area contributed by atoms with Gasteiger partial charge in [0, 0.05) is 19.2 Å². The van der Waals surface area contributed by atoms with Crippen LogP contribution in [0.15, 0.2) is 6.20 Å². The van der Waals surface area contributed by atoms with Crippen LogP contribution in [0.25, 0.3) is 0 Å². The van der Waals surface area contributed by atoms with Crippen LogP contribution >= 0.6 is 0 Å². The SMILES string of the molecule is Cn1cc(CC(=O)C2CC3CCC2C3)nn1. The molecule has 3 unspecified atom stereocenters. The fraction of sp³-hybridized carbons (Fsp3) is 0.750. The van der Waals surface area contributed by atoms with E-state index in [9.17, 15) is 4.79 Å². The Hall–Kier alpha value is -1.19. The van der Waals surface area contributed by atoms with Gasteiger partial charge in [-0.25, -0.2) is 0 Å². The fourth-order valence-electron chi connectivity index (χ4n) is 3.42. The molecule has 0 N–H and O–H groups in total. The number of aromatic nitrogens is 3. The zero-order valence-corrected chi connectivity index (χ0v) is 9.59. The maximum Gasteiger partial charge on any atom is 0.142 e. The lowest BCUT2D eigenvalue weighted by molar-refractivity contribution is -0.123. The van der Waals surface area contributed by atoms with E-state index in [0.717, 1.165) is 18.0 Å². The Labute approximate surface area is 95.0 Å². The van der Waals surface area contributed by atoms with Crippen molar-refractivity contribution in [3.8, 4) is 0 Å². The number of aryl methyl sites for hydroxylation is 1. The molecule has 2 fully saturated rings. The molecule has 0 amide bonds. The van der Waals surface area contributed by atoms with E-state index in [1.807, 2.05) is 13.2 Å². The van der Waals surface area contributed by atoms with Gasteiger partial charge in [-0.3, -0.25) is 9.48 Å². The van der Waals surface area contributed by atoms with E-state index in [1.165, 1.54) is 19.3 Å². The van der Waals surface area contributed by atoms with Crippen molar-refractivity contribution in [1.29, 1.82) is 0 Å². The summed E-state index contributed by atoms with van der Waals surface area (Å²) >= 11 is 0. The first kappa shape index (κ1) is 10.00. The van der Waals surface area contributed by atoms with Gasteiger partial charge in [0.15, 0.2) is 0 Å².